The molecule has 0 spiro atoms. The molecule has 1 aliphatic rings. The predicted octanol–water partition coefficient (Wildman–Crippen LogP) is 5.44. The lowest BCUT2D eigenvalue weighted by Crippen LogP contribution is -2.38. The molecule has 0 radical (unpaired) electrons. The van der Waals surface area contributed by atoms with Gasteiger partial charge >= 0.3 is 0 Å². The second-order valence-electron chi connectivity index (χ2n) is 8.18. The van der Waals surface area contributed by atoms with Gasteiger partial charge in [-0.25, -0.2) is 8.78 Å². The molecule has 7 heteroatoms. The van der Waals surface area contributed by atoms with Crippen molar-refractivity contribution in [2.24, 2.45) is 0 Å². The van der Waals surface area contributed by atoms with Crippen LogP contribution in [0, 0.1) is 11.6 Å². The summed E-state index contributed by atoms with van der Waals surface area (Å²) in [7, 11) is 0. The molecule has 0 bridgehead atoms. The van der Waals surface area contributed by atoms with Gasteiger partial charge in [-0.1, -0.05) is 6.07 Å². The minimum Gasteiger partial charge on any atom is -0.339 e. The minimum atomic E-state index is -0.413. The van der Waals surface area contributed by atoms with E-state index in [0.717, 1.165) is 40.9 Å². The van der Waals surface area contributed by atoms with Crippen molar-refractivity contribution in [3.05, 3.63) is 95.9 Å². The quantitative estimate of drug-likeness (QED) is 0.456. The van der Waals surface area contributed by atoms with Crippen molar-refractivity contribution < 1.29 is 13.6 Å². The molecule has 0 aliphatic carbocycles. The van der Waals surface area contributed by atoms with Crippen LogP contribution in [0.4, 0.5) is 8.78 Å². The van der Waals surface area contributed by atoms with Gasteiger partial charge < -0.3 is 4.90 Å². The van der Waals surface area contributed by atoms with Crippen molar-refractivity contribution >= 4 is 5.91 Å². The van der Waals surface area contributed by atoms with Crippen molar-refractivity contribution in [2.45, 2.75) is 18.8 Å². The molecule has 1 amide bonds. The van der Waals surface area contributed by atoms with E-state index in [1.54, 1.807) is 41.6 Å². The number of rotatable bonds is 4. The molecule has 2 aromatic heterocycles. The number of piperidine rings is 1. The number of nitrogens with zero attached hydrogens (tertiary/aromatic N) is 3. The Bertz CT molecular complexity index is 1260. The number of likely N-dealkylation sites (tertiary alicyclic amines) is 1. The van der Waals surface area contributed by atoms with Gasteiger partial charge in [-0.2, -0.15) is 5.10 Å². The van der Waals surface area contributed by atoms with Gasteiger partial charge in [0.25, 0.3) is 5.91 Å². The molecule has 166 valence electrons. The number of hydrogen-bond acceptors (Lipinski definition) is 3. The van der Waals surface area contributed by atoms with Gasteiger partial charge in [0, 0.05) is 53.8 Å². The number of nitrogens with one attached hydrogen (secondary N) is 1. The molecule has 0 unspecified atom stereocenters. The van der Waals surface area contributed by atoms with Crippen LogP contribution in [0.5, 0.6) is 0 Å². The lowest BCUT2D eigenvalue weighted by molar-refractivity contribution is 0.0711. The molecule has 1 N–H and O–H groups in total. The molecule has 33 heavy (non-hydrogen) atoms. The van der Waals surface area contributed by atoms with Crippen LogP contribution < -0.4 is 0 Å². The Morgan fingerprint density at radius 3 is 2.33 bits per heavy atom. The fraction of sp³-hybridized carbons (Fsp3) is 0.192. The van der Waals surface area contributed by atoms with E-state index in [0.29, 0.717) is 18.7 Å². The van der Waals surface area contributed by atoms with E-state index in [-0.39, 0.29) is 17.6 Å². The summed E-state index contributed by atoms with van der Waals surface area (Å²) in [5.74, 6) is -0.691. The molecular weight excluding hydrogens is 422 g/mol. The average molecular weight is 444 g/mol. The summed E-state index contributed by atoms with van der Waals surface area (Å²) in [5.41, 5.74) is 4.90. The van der Waals surface area contributed by atoms with E-state index in [9.17, 15) is 13.6 Å². The Hall–Kier alpha value is -3.87. The number of pyridine rings is 1. The Morgan fingerprint density at radius 1 is 0.909 bits per heavy atom. The van der Waals surface area contributed by atoms with Crippen LogP contribution in [0.15, 0.2) is 73.1 Å². The molecule has 1 fully saturated rings. The second-order valence-corrected chi connectivity index (χ2v) is 8.18. The maximum absolute atomic E-state index is 13.5. The summed E-state index contributed by atoms with van der Waals surface area (Å²) >= 11 is 0. The largest absolute Gasteiger partial charge is 0.339 e. The van der Waals surface area contributed by atoms with Crippen molar-refractivity contribution in [3.63, 3.8) is 0 Å². The summed E-state index contributed by atoms with van der Waals surface area (Å²) in [6.45, 7) is 1.14. The van der Waals surface area contributed by atoms with Gasteiger partial charge in [-0.15, -0.1) is 0 Å². The van der Waals surface area contributed by atoms with Crippen molar-refractivity contribution in [2.75, 3.05) is 13.1 Å². The maximum Gasteiger partial charge on any atom is 0.253 e. The zero-order valence-electron chi connectivity index (χ0n) is 17.8. The Labute approximate surface area is 190 Å². The lowest BCUT2D eigenvalue weighted by atomic mass is 9.87. The molecule has 0 atom stereocenters. The number of H-pyrrole nitrogens is 1. The third kappa shape index (κ3) is 4.26. The van der Waals surface area contributed by atoms with Gasteiger partial charge in [0.2, 0.25) is 0 Å². The molecule has 3 heterocycles. The zero-order chi connectivity index (χ0) is 22.8. The van der Waals surface area contributed by atoms with Crippen LogP contribution in [0.25, 0.3) is 22.4 Å². The van der Waals surface area contributed by atoms with Crippen LogP contribution in [-0.2, 0) is 0 Å². The van der Waals surface area contributed by atoms with E-state index in [4.69, 9.17) is 0 Å². The van der Waals surface area contributed by atoms with Crippen molar-refractivity contribution in [3.8, 4) is 22.4 Å². The summed E-state index contributed by atoms with van der Waals surface area (Å²) in [6, 6.07) is 16.0. The smallest absolute Gasteiger partial charge is 0.253 e. The number of aromatic amines is 1. The SMILES string of the molecule is O=C(c1cccc(F)c1)N1CCC(c2[nH]nc(-c3ccc(F)cc3)c2-c2ccncc2)CC1. The van der Waals surface area contributed by atoms with E-state index >= 15 is 0 Å². The van der Waals surface area contributed by atoms with Crippen LogP contribution in [0.2, 0.25) is 0 Å². The van der Waals surface area contributed by atoms with E-state index in [1.807, 2.05) is 12.1 Å². The molecule has 0 saturated carbocycles. The molecule has 1 saturated heterocycles. The fourth-order valence-corrected chi connectivity index (χ4v) is 4.45. The topological polar surface area (TPSA) is 61.9 Å². The highest BCUT2D eigenvalue weighted by Gasteiger charge is 2.29. The van der Waals surface area contributed by atoms with Gasteiger partial charge in [0.05, 0.1) is 0 Å². The fourth-order valence-electron chi connectivity index (χ4n) is 4.45. The summed E-state index contributed by atoms with van der Waals surface area (Å²) in [6.07, 6.45) is 4.98. The minimum absolute atomic E-state index is 0.154. The van der Waals surface area contributed by atoms with E-state index in [1.165, 1.54) is 24.3 Å². The number of hydrogen-bond donors (Lipinski definition) is 1. The van der Waals surface area contributed by atoms with Gasteiger partial charge in [0.15, 0.2) is 0 Å². The number of benzene rings is 2. The first kappa shape index (κ1) is 21.0. The Balaban J connectivity index is 1.42. The zero-order valence-corrected chi connectivity index (χ0v) is 17.8. The van der Waals surface area contributed by atoms with Crippen molar-refractivity contribution in [1.82, 2.24) is 20.1 Å². The molecule has 4 aromatic rings. The monoisotopic (exact) mass is 444 g/mol. The van der Waals surface area contributed by atoms with Gasteiger partial charge in [0.1, 0.15) is 17.3 Å². The number of carbonyl (C=O) groups is 1. The first-order valence-electron chi connectivity index (χ1n) is 10.9. The summed E-state index contributed by atoms with van der Waals surface area (Å²) < 4.78 is 27.0. The number of amides is 1. The normalized spacial score (nSPS) is 14.4. The summed E-state index contributed by atoms with van der Waals surface area (Å²) in [4.78, 5) is 18.7. The second kappa shape index (κ2) is 8.94. The first-order chi connectivity index (χ1) is 16.1. The van der Waals surface area contributed by atoms with E-state index in [2.05, 4.69) is 15.2 Å². The van der Waals surface area contributed by atoms with E-state index < -0.39 is 5.82 Å². The first-order valence-corrected chi connectivity index (χ1v) is 10.9. The number of halogens is 2. The van der Waals surface area contributed by atoms with Gasteiger partial charge in [-0.05, 0) is 73.0 Å². The molecule has 5 nitrogen and oxygen atoms in total. The average Bonchev–Trinajstić information content (AvgIpc) is 3.30. The Morgan fingerprint density at radius 2 is 1.64 bits per heavy atom. The maximum atomic E-state index is 13.5. The third-order valence-corrected chi connectivity index (χ3v) is 6.14. The molecule has 2 aromatic carbocycles. The molecule has 1 aliphatic heterocycles. The van der Waals surface area contributed by atoms with Crippen LogP contribution in [0.3, 0.4) is 0 Å². The third-order valence-electron chi connectivity index (χ3n) is 6.14. The lowest BCUT2D eigenvalue weighted by Gasteiger charge is -2.32. The highest BCUT2D eigenvalue weighted by Crippen LogP contribution is 2.39. The van der Waals surface area contributed by atoms with Crippen LogP contribution in [0.1, 0.15) is 34.8 Å². The highest BCUT2D eigenvalue weighted by atomic mass is 19.1. The predicted molar refractivity (Wildman–Crippen MR) is 121 cm³/mol. The molecule has 5 rings (SSSR count). The summed E-state index contributed by atoms with van der Waals surface area (Å²) in [5, 5.41) is 7.81. The van der Waals surface area contributed by atoms with Crippen LogP contribution in [-0.4, -0.2) is 39.1 Å². The highest BCUT2D eigenvalue weighted by molar-refractivity contribution is 5.94. The standard InChI is InChI=1S/C26H22F2N4O/c27-21-6-4-18(5-7-21)24-23(17-8-12-29-13-9-17)25(31-30-24)19-10-14-32(15-11-19)26(33)20-2-1-3-22(28)16-20/h1-9,12-13,16,19H,10-11,14-15H2,(H,30,31). The number of carbonyl (C=O) groups excluding carboxylic acids is 1. The van der Waals surface area contributed by atoms with Crippen molar-refractivity contribution in [1.29, 1.82) is 0 Å². The Kier molecular flexibility index (Phi) is 5.69. The molecular formula is C26H22F2N4O. The number of aromatic nitrogens is 3. The van der Waals surface area contributed by atoms with Gasteiger partial charge in [-0.3, -0.25) is 14.9 Å². The van der Waals surface area contributed by atoms with Crippen LogP contribution >= 0.6 is 0 Å².